The highest BCUT2D eigenvalue weighted by molar-refractivity contribution is 6.16. The summed E-state index contributed by atoms with van der Waals surface area (Å²) >= 11 is 0. The van der Waals surface area contributed by atoms with Crippen molar-refractivity contribution in [1.29, 1.82) is 0 Å². The van der Waals surface area contributed by atoms with Gasteiger partial charge in [-0.2, -0.15) is 0 Å². The van der Waals surface area contributed by atoms with Gasteiger partial charge in [-0.15, -0.1) is 0 Å². The summed E-state index contributed by atoms with van der Waals surface area (Å²) < 4.78 is 0. The Morgan fingerprint density at radius 3 is 1.35 bits per heavy atom. The van der Waals surface area contributed by atoms with Crippen LogP contribution in [0.3, 0.4) is 0 Å². The van der Waals surface area contributed by atoms with Crippen molar-refractivity contribution in [3.63, 3.8) is 0 Å². The number of phenolic OH excluding ortho intramolecular Hbond substituents is 5. The summed E-state index contributed by atoms with van der Waals surface area (Å²) in [6, 6.07) is 25.5. The molecule has 2 atom stereocenters. The SMILES string of the molecule is Cc1cc2c(O)c(-c3c(C)cc4c(C(=O)NC[C@H](C)c5ccccc5)c(O)c(O)cc4c3O)c(C)cc2c(C(=O)NC[C@H](C)c2ccccc2)c1O. The van der Waals surface area contributed by atoms with Crippen molar-refractivity contribution < 1.29 is 35.1 Å². The Balaban J connectivity index is 1.41. The van der Waals surface area contributed by atoms with E-state index in [0.717, 1.165) is 11.1 Å². The van der Waals surface area contributed by atoms with E-state index in [2.05, 4.69) is 10.6 Å². The fraction of sp³-hybridized carbons (Fsp3) is 0.209. The topological polar surface area (TPSA) is 159 Å². The minimum Gasteiger partial charge on any atom is -0.507 e. The lowest BCUT2D eigenvalue weighted by molar-refractivity contribution is 0.0942. The molecule has 6 aromatic rings. The molecule has 0 radical (unpaired) electrons. The quantitative estimate of drug-likeness (QED) is 0.0750. The Kier molecular flexibility index (Phi) is 9.71. The molecule has 6 aromatic carbocycles. The summed E-state index contributed by atoms with van der Waals surface area (Å²) in [5.74, 6) is -3.11. The van der Waals surface area contributed by atoms with E-state index in [1.807, 2.05) is 74.5 Å². The fourth-order valence-electron chi connectivity index (χ4n) is 6.97. The van der Waals surface area contributed by atoms with E-state index >= 15 is 0 Å². The fourth-order valence-corrected chi connectivity index (χ4v) is 6.97. The van der Waals surface area contributed by atoms with Crippen molar-refractivity contribution in [3.05, 3.63) is 124 Å². The van der Waals surface area contributed by atoms with E-state index in [4.69, 9.17) is 0 Å². The predicted octanol–water partition coefficient (Wildman–Crippen LogP) is 8.18. The number of hydrogen-bond acceptors (Lipinski definition) is 7. The third-order valence-electron chi connectivity index (χ3n) is 9.92. The third kappa shape index (κ3) is 6.41. The maximum atomic E-state index is 13.6. The molecule has 266 valence electrons. The molecule has 0 unspecified atom stereocenters. The van der Waals surface area contributed by atoms with Crippen LogP contribution in [-0.2, 0) is 0 Å². The van der Waals surface area contributed by atoms with E-state index < -0.39 is 23.3 Å². The first-order valence-corrected chi connectivity index (χ1v) is 17.2. The van der Waals surface area contributed by atoms with Crippen LogP contribution in [0.25, 0.3) is 32.7 Å². The highest BCUT2D eigenvalue weighted by Gasteiger charge is 2.28. The van der Waals surface area contributed by atoms with Crippen LogP contribution in [0.5, 0.6) is 28.7 Å². The number of amides is 2. The van der Waals surface area contributed by atoms with Gasteiger partial charge in [-0.05, 0) is 84.7 Å². The normalized spacial score (nSPS) is 12.5. The number of carbonyl (C=O) groups excluding carboxylic acids is 2. The van der Waals surface area contributed by atoms with Crippen LogP contribution in [0.1, 0.15) is 74.2 Å². The number of fused-ring (bicyclic) bond motifs is 2. The molecular weight excluding hydrogens is 656 g/mol. The number of nitrogens with one attached hydrogen (secondary N) is 2. The standard InChI is InChI=1S/C43H42N2O7/c1-22-16-29-31(18-24(3)38(47)36(29)42(51)44-20-25(4)27-12-8-6-9-13-27)39(48)34(22)35-23(2)17-30-32(40(35)49)19-33(46)41(50)37(30)43(52)45-21-26(5)28-14-10-7-11-15-28/h6-19,25-26,46-50H,20-21H2,1-5H3,(H,44,51)(H,45,52)/t25-,26-/m0/s1. The van der Waals surface area contributed by atoms with Crippen LogP contribution < -0.4 is 10.6 Å². The average molecular weight is 699 g/mol. The molecule has 0 aliphatic rings. The van der Waals surface area contributed by atoms with Gasteiger partial charge in [0, 0.05) is 45.8 Å². The van der Waals surface area contributed by atoms with E-state index in [1.54, 1.807) is 39.0 Å². The van der Waals surface area contributed by atoms with Gasteiger partial charge < -0.3 is 36.2 Å². The number of hydrogen-bond donors (Lipinski definition) is 7. The van der Waals surface area contributed by atoms with Crippen LogP contribution >= 0.6 is 0 Å². The van der Waals surface area contributed by atoms with Crippen molar-refractivity contribution in [1.82, 2.24) is 10.6 Å². The second-order valence-electron chi connectivity index (χ2n) is 13.6. The summed E-state index contributed by atoms with van der Waals surface area (Å²) in [6.45, 7) is 9.59. The molecule has 6 rings (SSSR count). The summed E-state index contributed by atoms with van der Waals surface area (Å²) in [7, 11) is 0. The zero-order chi connectivity index (χ0) is 37.4. The number of phenols is 5. The number of aromatic hydroxyl groups is 5. The maximum Gasteiger partial charge on any atom is 0.255 e. The molecule has 0 heterocycles. The Labute approximate surface area is 301 Å². The predicted molar refractivity (Wildman–Crippen MR) is 204 cm³/mol. The minimum absolute atomic E-state index is 0.00903. The van der Waals surface area contributed by atoms with Gasteiger partial charge in [0.1, 0.15) is 17.2 Å². The molecule has 9 heteroatoms. The molecule has 0 saturated carbocycles. The second kappa shape index (κ2) is 14.2. The van der Waals surface area contributed by atoms with Crippen molar-refractivity contribution in [2.45, 2.75) is 46.5 Å². The monoisotopic (exact) mass is 698 g/mol. The molecule has 0 aromatic heterocycles. The number of aryl methyl sites for hydroxylation is 3. The molecule has 2 amide bonds. The Bertz CT molecular complexity index is 2190. The average Bonchev–Trinajstić information content (AvgIpc) is 3.13. The van der Waals surface area contributed by atoms with E-state index in [-0.39, 0.29) is 74.0 Å². The lowest BCUT2D eigenvalue weighted by Crippen LogP contribution is -2.28. The summed E-state index contributed by atoms with van der Waals surface area (Å²) in [4.78, 5) is 27.2. The first-order chi connectivity index (χ1) is 24.8. The lowest BCUT2D eigenvalue weighted by Gasteiger charge is -2.21. The van der Waals surface area contributed by atoms with Gasteiger partial charge in [-0.1, -0.05) is 74.5 Å². The molecule has 0 aliphatic heterocycles. The number of rotatable bonds is 9. The molecule has 7 N–H and O–H groups in total. The summed E-state index contributed by atoms with van der Waals surface area (Å²) in [6.07, 6.45) is 0. The van der Waals surface area contributed by atoms with Crippen LogP contribution in [0.4, 0.5) is 0 Å². The summed E-state index contributed by atoms with van der Waals surface area (Å²) in [5.41, 5.74) is 3.76. The van der Waals surface area contributed by atoms with Crippen LogP contribution in [-0.4, -0.2) is 50.4 Å². The van der Waals surface area contributed by atoms with E-state index in [1.165, 1.54) is 6.07 Å². The van der Waals surface area contributed by atoms with Gasteiger partial charge in [0.15, 0.2) is 11.5 Å². The molecule has 52 heavy (non-hydrogen) atoms. The van der Waals surface area contributed by atoms with Gasteiger partial charge in [0.2, 0.25) is 0 Å². The Morgan fingerprint density at radius 2 is 0.904 bits per heavy atom. The molecule has 0 fully saturated rings. The molecular formula is C43H42N2O7. The van der Waals surface area contributed by atoms with Crippen LogP contribution in [0.2, 0.25) is 0 Å². The van der Waals surface area contributed by atoms with Gasteiger partial charge in [-0.25, -0.2) is 0 Å². The van der Waals surface area contributed by atoms with Crippen molar-refractivity contribution in [2.75, 3.05) is 13.1 Å². The van der Waals surface area contributed by atoms with Crippen LogP contribution in [0, 0.1) is 20.8 Å². The van der Waals surface area contributed by atoms with Crippen LogP contribution in [0.15, 0.2) is 84.9 Å². The van der Waals surface area contributed by atoms with Crippen molar-refractivity contribution >= 4 is 33.4 Å². The highest BCUT2D eigenvalue weighted by atomic mass is 16.3. The van der Waals surface area contributed by atoms with Gasteiger partial charge >= 0.3 is 0 Å². The first-order valence-electron chi connectivity index (χ1n) is 17.2. The zero-order valence-electron chi connectivity index (χ0n) is 29.7. The Hall–Kier alpha value is -6.22. The second-order valence-corrected chi connectivity index (χ2v) is 13.6. The zero-order valence-corrected chi connectivity index (χ0v) is 29.7. The molecule has 0 bridgehead atoms. The molecule has 0 spiro atoms. The van der Waals surface area contributed by atoms with Gasteiger partial charge in [0.05, 0.1) is 11.1 Å². The van der Waals surface area contributed by atoms with Gasteiger partial charge in [0.25, 0.3) is 11.8 Å². The minimum atomic E-state index is -0.628. The smallest absolute Gasteiger partial charge is 0.255 e. The van der Waals surface area contributed by atoms with E-state index in [9.17, 15) is 35.1 Å². The van der Waals surface area contributed by atoms with Crippen molar-refractivity contribution in [3.8, 4) is 39.9 Å². The van der Waals surface area contributed by atoms with Crippen molar-refractivity contribution in [2.24, 2.45) is 0 Å². The highest BCUT2D eigenvalue weighted by Crippen LogP contribution is 2.50. The third-order valence-corrected chi connectivity index (χ3v) is 9.92. The molecule has 0 aliphatic carbocycles. The summed E-state index contributed by atoms with van der Waals surface area (Å²) in [5, 5.41) is 63.1. The maximum absolute atomic E-state index is 13.6. The number of carbonyl (C=O) groups is 2. The van der Waals surface area contributed by atoms with E-state index in [0.29, 0.717) is 28.6 Å². The molecule has 9 nitrogen and oxygen atoms in total. The first kappa shape index (κ1) is 35.6. The molecule has 0 saturated heterocycles. The number of benzene rings is 6. The largest absolute Gasteiger partial charge is 0.507 e. The van der Waals surface area contributed by atoms with Gasteiger partial charge in [-0.3, -0.25) is 9.59 Å². The lowest BCUT2D eigenvalue weighted by atomic mass is 9.87. The Morgan fingerprint density at radius 1 is 0.519 bits per heavy atom.